The van der Waals surface area contributed by atoms with Crippen molar-refractivity contribution in [2.45, 2.75) is 32.3 Å². The molecule has 0 saturated carbocycles. The summed E-state index contributed by atoms with van der Waals surface area (Å²) in [5.41, 5.74) is 4.84. The summed E-state index contributed by atoms with van der Waals surface area (Å²) in [5, 5.41) is 0. The number of ether oxygens (including phenoxy) is 1. The number of amides is 1. The molecule has 1 fully saturated rings. The molecule has 1 atom stereocenters. The summed E-state index contributed by atoms with van der Waals surface area (Å²) in [4.78, 5) is 16.7. The molecule has 1 rings (SSSR count). The first-order chi connectivity index (χ1) is 8.57. The molecule has 1 saturated heterocycles. The molecule has 0 aromatic carbocycles. The average molecular weight is 257 g/mol. The third-order valence-electron chi connectivity index (χ3n) is 3.92. The van der Waals surface area contributed by atoms with Gasteiger partial charge in [-0.15, -0.1) is 0 Å². The SMILES string of the molecule is CCC(C)(OC)C(=O)N1CCN(CCCN)CC1. The molecule has 0 aromatic rings. The summed E-state index contributed by atoms with van der Waals surface area (Å²) in [6.07, 6.45) is 1.73. The maximum absolute atomic E-state index is 12.4. The van der Waals surface area contributed by atoms with Crippen LogP contribution in [-0.2, 0) is 9.53 Å². The van der Waals surface area contributed by atoms with Crippen molar-refractivity contribution in [3.63, 3.8) is 0 Å². The highest BCUT2D eigenvalue weighted by Crippen LogP contribution is 2.18. The molecule has 18 heavy (non-hydrogen) atoms. The highest BCUT2D eigenvalue weighted by atomic mass is 16.5. The molecule has 1 aliphatic rings. The lowest BCUT2D eigenvalue weighted by Crippen LogP contribution is -2.55. The Morgan fingerprint density at radius 1 is 1.33 bits per heavy atom. The molecule has 0 aromatic heterocycles. The molecule has 5 heteroatoms. The number of hydrogen-bond donors (Lipinski definition) is 1. The molecular formula is C13H27N3O2. The Bertz CT molecular complexity index is 259. The van der Waals surface area contributed by atoms with Crippen LogP contribution in [0.5, 0.6) is 0 Å². The van der Waals surface area contributed by atoms with Crippen molar-refractivity contribution in [1.82, 2.24) is 9.80 Å². The van der Waals surface area contributed by atoms with Crippen molar-refractivity contribution >= 4 is 5.91 Å². The molecule has 1 heterocycles. The van der Waals surface area contributed by atoms with E-state index in [0.717, 1.165) is 45.7 Å². The summed E-state index contributed by atoms with van der Waals surface area (Å²) in [5.74, 6) is 0.117. The third kappa shape index (κ3) is 3.67. The van der Waals surface area contributed by atoms with Gasteiger partial charge in [0.2, 0.25) is 0 Å². The molecule has 1 amide bonds. The van der Waals surface area contributed by atoms with E-state index < -0.39 is 5.60 Å². The maximum atomic E-state index is 12.4. The normalized spacial score (nSPS) is 20.8. The Labute approximate surface area is 110 Å². The van der Waals surface area contributed by atoms with Crippen LogP contribution in [0.25, 0.3) is 0 Å². The Morgan fingerprint density at radius 2 is 1.94 bits per heavy atom. The maximum Gasteiger partial charge on any atom is 0.254 e. The lowest BCUT2D eigenvalue weighted by Gasteiger charge is -2.39. The minimum atomic E-state index is -0.667. The first kappa shape index (κ1) is 15.4. The number of hydrogen-bond acceptors (Lipinski definition) is 4. The highest BCUT2D eigenvalue weighted by Gasteiger charge is 2.36. The fourth-order valence-corrected chi connectivity index (χ4v) is 2.21. The molecule has 2 N–H and O–H groups in total. The number of rotatable bonds is 6. The van der Waals surface area contributed by atoms with Crippen molar-refractivity contribution in [3.8, 4) is 0 Å². The average Bonchev–Trinajstić information content (AvgIpc) is 2.44. The third-order valence-corrected chi connectivity index (χ3v) is 3.92. The fourth-order valence-electron chi connectivity index (χ4n) is 2.21. The summed E-state index contributed by atoms with van der Waals surface area (Å²) in [6, 6.07) is 0. The van der Waals surface area contributed by atoms with E-state index in [1.54, 1.807) is 7.11 Å². The largest absolute Gasteiger partial charge is 0.369 e. The Kier molecular flexibility index (Phi) is 6.05. The van der Waals surface area contributed by atoms with Gasteiger partial charge in [-0.25, -0.2) is 0 Å². The predicted molar refractivity (Wildman–Crippen MR) is 72.4 cm³/mol. The number of methoxy groups -OCH3 is 1. The van der Waals surface area contributed by atoms with E-state index in [1.165, 1.54) is 0 Å². The van der Waals surface area contributed by atoms with Crippen LogP contribution in [0.15, 0.2) is 0 Å². The summed E-state index contributed by atoms with van der Waals surface area (Å²) < 4.78 is 5.37. The second-order valence-electron chi connectivity index (χ2n) is 5.06. The van der Waals surface area contributed by atoms with Gasteiger partial charge in [0.25, 0.3) is 5.91 Å². The zero-order chi connectivity index (χ0) is 13.6. The highest BCUT2D eigenvalue weighted by molar-refractivity contribution is 5.84. The van der Waals surface area contributed by atoms with Gasteiger partial charge < -0.3 is 15.4 Å². The smallest absolute Gasteiger partial charge is 0.254 e. The molecule has 0 aliphatic carbocycles. The standard InChI is InChI=1S/C13H27N3O2/c1-4-13(2,18-3)12(17)16-10-8-15(9-11-16)7-5-6-14/h4-11,14H2,1-3H3. The van der Waals surface area contributed by atoms with Crippen LogP contribution in [-0.4, -0.2) is 67.7 Å². The lowest BCUT2D eigenvalue weighted by molar-refractivity contribution is -0.155. The van der Waals surface area contributed by atoms with E-state index >= 15 is 0 Å². The van der Waals surface area contributed by atoms with Crippen LogP contribution in [0.4, 0.5) is 0 Å². The van der Waals surface area contributed by atoms with E-state index in [2.05, 4.69) is 4.90 Å². The molecule has 0 radical (unpaired) electrons. The van der Waals surface area contributed by atoms with Crippen LogP contribution < -0.4 is 5.73 Å². The van der Waals surface area contributed by atoms with Gasteiger partial charge in [0.15, 0.2) is 0 Å². The Hall–Kier alpha value is -0.650. The quantitative estimate of drug-likeness (QED) is 0.743. The minimum Gasteiger partial charge on any atom is -0.369 e. The first-order valence-electron chi connectivity index (χ1n) is 6.84. The van der Waals surface area contributed by atoms with Crippen LogP contribution in [0, 0.1) is 0 Å². The first-order valence-corrected chi connectivity index (χ1v) is 6.84. The number of carbonyl (C=O) groups excluding carboxylic acids is 1. The van der Waals surface area contributed by atoms with Crippen molar-refractivity contribution in [1.29, 1.82) is 0 Å². The van der Waals surface area contributed by atoms with Crippen LogP contribution in [0.1, 0.15) is 26.7 Å². The lowest BCUT2D eigenvalue weighted by atomic mass is 10.0. The van der Waals surface area contributed by atoms with Crippen molar-refractivity contribution in [2.75, 3.05) is 46.4 Å². The van der Waals surface area contributed by atoms with Gasteiger partial charge in [-0.2, -0.15) is 0 Å². The zero-order valence-corrected chi connectivity index (χ0v) is 11.9. The van der Waals surface area contributed by atoms with E-state index in [1.807, 2.05) is 18.7 Å². The second kappa shape index (κ2) is 7.07. The van der Waals surface area contributed by atoms with E-state index in [9.17, 15) is 4.79 Å². The van der Waals surface area contributed by atoms with E-state index in [0.29, 0.717) is 6.42 Å². The Balaban J connectivity index is 2.45. The zero-order valence-electron chi connectivity index (χ0n) is 11.9. The number of carbonyl (C=O) groups is 1. The van der Waals surface area contributed by atoms with Crippen LogP contribution in [0.2, 0.25) is 0 Å². The summed E-state index contributed by atoms with van der Waals surface area (Å²) in [6.45, 7) is 9.09. The van der Waals surface area contributed by atoms with Crippen LogP contribution >= 0.6 is 0 Å². The van der Waals surface area contributed by atoms with Crippen molar-refractivity contribution in [2.24, 2.45) is 5.73 Å². The number of piperazine rings is 1. The second-order valence-corrected chi connectivity index (χ2v) is 5.06. The molecule has 0 spiro atoms. The number of nitrogens with zero attached hydrogens (tertiary/aromatic N) is 2. The number of nitrogens with two attached hydrogens (primary N) is 1. The van der Waals surface area contributed by atoms with Gasteiger partial charge in [0.1, 0.15) is 5.60 Å². The minimum absolute atomic E-state index is 0.117. The van der Waals surface area contributed by atoms with Gasteiger partial charge >= 0.3 is 0 Å². The van der Waals surface area contributed by atoms with E-state index in [4.69, 9.17) is 10.5 Å². The predicted octanol–water partition coefficient (Wildman–Crippen LogP) is 0.295. The Morgan fingerprint density at radius 3 is 2.39 bits per heavy atom. The molecule has 1 aliphatic heterocycles. The summed E-state index contributed by atoms with van der Waals surface area (Å²) >= 11 is 0. The molecule has 1 unspecified atom stereocenters. The molecule has 5 nitrogen and oxygen atoms in total. The monoisotopic (exact) mass is 257 g/mol. The molecule has 0 bridgehead atoms. The van der Waals surface area contributed by atoms with Gasteiger partial charge in [0.05, 0.1) is 0 Å². The van der Waals surface area contributed by atoms with Crippen molar-refractivity contribution in [3.05, 3.63) is 0 Å². The summed E-state index contributed by atoms with van der Waals surface area (Å²) in [7, 11) is 1.61. The van der Waals surface area contributed by atoms with E-state index in [-0.39, 0.29) is 5.91 Å². The van der Waals surface area contributed by atoms with Gasteiger partial charge in [0, 0.05) is 33.3 Å². The van der Waals surface area contributed by atoms with Crippen molar-refractivity contribution < 1.29 is 9.53 Å². The fraction of sp³-hybridized carbons (Fsp3) is 0.923. The topological polar surface area (TPSA) is 58.8 Å². The molecular weight excluding hydrogens is 230 g/mol. The van der Waals surface area contributed by atoms with Crippen LogP contribution in [0.3, 0.4) is 0 Å². The molecule has 106 valence electrons. The van der Waals surface area contributed by atoms with Gasteiger partial charge in [-0.1, -0.05) is 6.92 Å². The van der Waals surface area contributed by atoms with Gasteiger partial charge in [-0.05, 0) is 32.9 Å². The van der Waals surface area contributed by atoms with Gasteiger partial charge in [-0.3, -0.25) is 9.69 Å².